The van der Waals surface area contributed by atoms with E-state index < -0.39 is 0 Å². The monoisotopic (exact) mass is 572 g/mol. The Morgan fingerprint density at radius 2 is 1.84 bits per heavy atom. The highest BCUT2D eigenvalue weighted by molar-refractivity contribution is 14.0. The van der Waals surface area contributed by atoms with Gasteiger partial charge in [0, 0.05) is 31.7 Å². The number of hydrogen-bond donors (Lipinski definition) is 2. The molecular formula is C23H30ClIN4O3. The third-order valence-corrected chi connectivity index (χ3v) is 6.57. The molecule has 0 spiro atoms. The van der Waals surface area contributed by atoms with Crippen LogP contribution in [-0.2, 0) is 20.9 Å². The van der Waals surface area contributed by atoms with Crippen LogP contribution in [0.25, 0.3) is 0 Å². The van der Waals surface area contributed by atoms with Crippen molar-refractivity contribution in [1.82, 2.24) is 15.5 Å². The summed E-state index contributed by atoms with van der Waals surface area (Å²) in [5.41, 5.74) is 1.04. The molecule has 3 aliphatic rings. The van der Waals surface area contributed by atoms with Crippen LogP contribution in [0.15, 0.2) is 41.4 Å². The number of ether oxygens (including phenoxy) is 1. The van der Waals surface area contributed by atoms with Crippen molar-refractivity contribution in [3.8, 4) is 0 Å². The lowest BCUT2D eigenvalue weighted by molar-refractivity contribution is -0.140. The third-order valence-electron chi connectivity index (χ3n) is 6.33. The number of guanidine groups is 1. The normalized spacial score (nSPS) is 25.8. The molecule has 4 atom stereocenters. The number of amides is 2. The summed E-state index contributed by atoms with van der Waals surface area (Å²) in [4.78, 5) is 31.0. The van der Waals surface area contributed by atoms with E-state index >= 15 is 0 Å². The second-order valence-corrected chi connectivity index (χ2v) is 8.73. The molecule has 2 amide bonds. The lowest BCUT2D eigenvalue weighted by Gasteiger charge is -2.18. The Morgan fingerprint density at radius 1 is 1.16 bits per heavy atom. The van der Waals surface area contributed by atoms with Gasteiger partial charge in [0.2, 0.25) is 11.8 Å². The quantitative estimate of drug-likeness (QED) is 0.119. The Balaban J connectivity index is 0.00000289. The fourth-order valence-electron chi connectivity index (χ4n) is 4.91. The van der Waals surface area contributed by atoms with Crippen molar-refractivity contribution >= 4 is 53.4 Å². The van der Waals surface area contributed by atoms with Crippen LogP contribution in [0, 0.1) is 23.7 Å². The first-order chi connectivity index (χ1) is 15.1. The molecule has 7 nitrogen and oxygen atoms in total. The van der Waals surface area contributed by atoms with Crippen LogP contribution in [0.5, 0.6) is 0 Å². The number of likely N-dealkylation sites (tertiary alicyclic amines) is 1. The molecule has 1 aromatic rings. The van der Waals surface area contributed by atoms with E-state index in [0.29, 0.717) is 50.3 Å². The van der Waals surface area contributed by atoms with Gasteiger partial charge in [-0.2, -0.15) is 0 Å². The molecule has 4 unspecified atom stereocenters. The summed E-state index contributed by atoms with van der Waals surface area (Å²) in [7, 11) is 1.71. The summed E-state index contributed by atoms with van der Waals surface area (Å²) in [6, 6.07) is 7.61. The molecule has 2 fully saturated rings. The van der Waals surface area contributed by atoms with Crippen molar-refractivity contribution in [1.29, 1.82) is 0 Å². The number of rotatable bonds is 9. The number of nitrogens with one attached hydrogen (secondary N) is 2. The molecule has 2 aliphatic carbocycles. The number of allylic oxidation sites excluding steroid dienone is 2. The highest BCUT2D eigenvalue weighted by Crippen LogP contribution is 2.52. The van der Waals surface area contributed by atoms with E-state index in [-0.39, 0.29) is 59.5 Å². The van der Waals surface area contributed by atoms with Gasteiger partial charge in [-0.05, 0) is 42.4 Å². The lowest BCUT2D eigenvalue weighted by atomic mass is 9.85. The van der Waals surface area contributed by atoms with Gasteiger partial charge in [0.05, 0.1) is 25.0 Å². The summed E-state index contributed by atoms with van der Waals surface area (Å²) in [6.07, 6.45) is 5.89. The average Bonchev–Trinajstić information content (AvgIpc) is 3.44. The van der Waals surface area contributed by atoms with E-state index in [9.17, 15) is 9.59 Å². The Morgan fingerprint density at radius 3 is 2.50 bits per heavy atom. The number of carbonyl (C=O) groups excluding carboxylic acids is 2. The minimum atomic E-state index is -0.114. The van der Waals surface area contributed by atoms with Crippen molar-refractivity contribution in [2.45, 2.75) is 19.4 Å². The molecule has 2 N–H and O–H groups in total. The van der Waals surface area contributed by atoms with Crippen LogP contribution in [0.1, 0.15) is 18.4 Å². The maximum Gasteiger partial charge on any atom is 0.233 e. The molecule has 174 valence electrons. The predicted molar refractivity (Wildman–Crippen MR) is 135 cm³/mol. The van der Waals surface area contributed by atoms with E-state index in [1.165, 1.54) is 4.90 Å². The lowest BCUT2D eigenvalue weighted by Crippen LogP contribution is -2.41. The Kier molecular flexibility index (Phi) is 8.95. The summed E-state index contributed by atoms with van der Waals surface area (Å²) >= 11 is 5.97. The van der Waals surface area contributed by atoms with E-state index in [1.807, 2.05) is 24.3 Å². The van der Waals surface area contributed by atoms with Crippen LogP contribution in [0.3, 0.4) is 0 Å². The topological polar surface area (TPSA) is 83.0 Å². The number of hydrogen-bond acceptors (Lipinski definition) is 4. The molecule has 4 rings (SSSR count). The molecule has 1 saturated heterocycles. The van der Waals surface area contributed by atoms with Gasteiger partial charge >= 0.3 is 0 Å². The molecule has 0 aromatic heterocycles. The smallest absolute Gasteiger partial charge is 0.233 e. The van der Waals surface area contributed by atoms with E-state index in [1.54, 1.807) is 7.05 Å². The molecular weight excluding hydrogens is 543 g/mol. The number of imide groups is 1. The number of fused-ring (bicyclic) bond motifs is 5. The molecule has 1 aliphatic heterocycles. The Hall–Kier alpha value is -1.65. The zero-order chi connectivity index (χ0) is 21.8. The first kappa shape index (κ1) is 25.0. The van der Waals surface area contributed by atoms with Crippen LogP contribution in [0.4, 0.5) is 0 Å². The molecule has 9 heteroatoms. The van der Waals surface area contributed by atoms with E-state index in [4.69, 9.17) is 16.3 Å². The molecule has 0 radical (unpaired) electrons. The summed E-state index contributed by atoms with van der Waals surface area (Å²) in [5.74, 6) is 1.01. The highest BCUT2D eigenvalue weighted by Gasteiger charge is 2.58. The minimum absolute atomic E-state index is 0. The van der Waals surface area contributed by atoms with Crippen molar-refractivity contribution in [2.24, 2.45) is 28.7 Å². The van der Waals surface area contributed by atoms with Crippen LogP contribution < -0.4 is 10.6 Å². The first-order valence-electron chi connectivity index (χ1n) is 10.9. The first-order valence-corrected chi connectivity index (χ1v) is 11.3. The fourth-order valence-corrected chi connectivity index (χ4v) is 5.12. The minimum Gasteiger partial charge on any atom is -0.375 e. The van der Waals surface area contributed by atoms with Crippen LogP contribution in [0.2, 0.25) is 5.02 Å². The van der Waals surface area contributed by atoms with Crippen molar-refractivity contribution in [3.63, 3.8) is 0 Å². The van der Waals surface area contributed by atoms with E-state index in [2.05, 4.69) is 27.8 Å². The zero-order valence-corrected chi connectivity index (χ0v) is 21.2. The zero-order valence-electron chi connectivity index (χ0n) is 18.1. The second-order valence-electron chi connectivity index (χ2n) is 8.29. The molecule has 1 aromatic carbocycles. The van der Waals surface area contributed by atoms with Crippen molar-refractivity contribution in [2.75, 3.05) is 33.3 Å². The summed E-state index contributed by atoms with van der Waals surface area (Å²) < 4.78 is 5.65. The van der Waals surface area contributed by atoms with Gasteiger partial charge < -0.3 is 15.4 Å². The molecule has 1 saturated carbocycles. The number of nitrogens with zero attached hydrogens (tertiary/aromatic N) is 2. The van der Waals surface area contributed by atoms with Crippen molar-refractivity contribution < 1.29 is 14.3 Å². The van der Waals surface area contributed by atoms with Crippen molar-refractivity contribution in [3.05, 3.63) is 47.0 Å². The number of carbonyl (C=O) groups is 2. The van der Waals surface area contributed by atoms with Gasteiger partial charge in [-0.3, -0.25) is 19.5 Å². The Labute approximate surface area is 211 Å². The van der Waals surface area contributed by atoms with Gasteiger partial charge in [-0.25, -0.2) is 0 Å². The average molecular weight is 573 g/mol. The van der Waals surface area contributed by atoms with Gasteiger partial charge in [-0.15, -0.1) is 24.0 Å². The van der Waals surface area contributed by atoms with Gasteiger partial charge in [0.1, 0.15) is 0 Å². The van der Waals surface area contributed by atoms with Crippen LogP contribution >= 0.6 is 35.6 Å². The number of aliphatic imine (C=N–C) groups is 1. The standard InChI is InChI=1S/C23H29ClN4O3.HI/c1-25-23(27-9-11-31-14-15-4-2-5-18(24)12-15)26-8-3-10-28-21(29)19-16-6-7-17(13-16)20(19)22(28)30;/h2,4-7,12,16-17,19-20H,3,8-11,13-14H2,1H3,(H2,25,26,27);1H. The largest absolute Gasteiger partial charge is 0.375 e. The molecule has 2 bridgehead atoms. The van der Waals surface area contributed by atoms with Crippen LogP contribution in [-0.4, -0.2) is 56.0 Å². The highest BCUT2D eigenvalue weighted by atomic mass is 127. The summed E-state index contributed by atoms with van der Waals surface area (Å²) in [5, 5.41) is 7.12. The molecule has 32 heavy (non-hydrogen) atoms. The SMILES string of the molecule is CN=C(NCCCN1C(=O)C2C3C=CC(C3)C2C1=O)NCCOCc1cccc(Cl)c1.I. The number of halogens is 2. The second kappa shape index (κ2) is 11.5. The van der Waals surface area contributed by atoms with Gasteiger partial charge in [-0.1, -0.05) is 35.9 Å². The Bertz CT molecular complexity index is 864. The van der Waals surface area contributed by atoms with Gasteiger partial charge in [0.25, 0.3) is 0 Å². The third kappa shape index (κ3) is 5.46. The summed E-state index contributed by atoms with van der Waals surface area (Å²) in [6.45, 7) is 2.73. The van der Waals surface area contributed by atoms with E-state index in [0.717, 1.165) is 12.0 Å². The maximum atomic E-state index is 12.7. The maximum absolute atomic E-state index is 12.7. The van der Waals surface area contributed by atoms with Gasteiger partial charge in [0.15, 0.2) is 5.96 Å². The molecule has 1 heterocycles. The number of benzene rings is 1. The predicted octanol–water partition coefficient (Wildman–Crippen LogP) is 2.84. The fraction of sp³-hybridized carbons (Fsp3) is 0.522.